The molecule has 0 aliphatic carbocycles. The minimum Gasteiger partial charge on any atom is -0.405 e. The fourth-order valence-electron chi connectivity index (χ4n) is 3.55. The molecule has 8 heteroatoms. The molecule has 0 atom stereocenters. The van der Waals surface area contributed by atoms with Gasteiger partial charge in [-0.05, 0) is 53.8 Å². The summed E-state index contributed by atoms with van der Waals surface area (Å²) in [6, 6.07) is 15.9. The summed E-state index contributed by atoms with van der Waals surface area (Å²) >= 11 is 0. The van der Waals surface area contributed by atoms with Gasteiger partial charge >= 0.3 is 6.01 Å². The van der Waals surface area contributed by atoms with Crippen LogP contribution in [0.15, 0.2) is 52.9 Å². The van der Waals surface area contributed by atoms with Crippen LogP contribution >= 0.6 is 0 Å². The van der Waals surface area contributed by atoms with Crippen LogP contribution in [0.1, 0.15) is 43.8 Å². The van der Waals surface area contributed by atoms with Crippen LogP contribution in [0.3, 0.4) is 0 Å². The third-order valence-corrected chi connectivity index (χ3v) is 5.56. The first-order valence-electron chi connectivity index (χ1n) is 10.4. The van der Waals surface area contributed by atoms with E-state index in [4.69, 9.17) is 4.42 Å². The molecule has 2 N–H and O–H groups in total. The lowest BCUT2D eigenvalue weighted by molar-refractivity contribution is 0.00206. The van der Waals surface area contributed by atoms with Crippen LogP contribution in [0, 0.1) is 17.1 Å². The van der Waals surface area contributed by atoms with Gasteiger partial charge in [-0.2, -0.15) is 5.26 Å². The molecular formula is C24H22FN5O2. The fourth-order valence-corrected chi connectivity index (χ4v) is 3.55. The Morgan fingerprint density at radius 3 is 2.66 bits per heavy atom. The lowest BCUT2D eigenvalue weighted by Crippen LogP contribution is -2.23. The molecule has 4 rings (SSSR count). The molecule has 0 radical (unpaired) electrons. The molecule has 0 saturated carbocycles. The molecular weight excluding hydrogens is 409 g/mol. The lowest BCUT2D eigenvalue weighted by atomic mass is 9.98. The Hall–Kier alpha value is -3.83. The number of aromatic nitrogens is 3. The summed E-state index contributed by atoms with van der Waals surface area (Å²) in [4.78, 5) is 4.41. The zero-order chi connectivity index (χ0) is 22.7. The molecule has 0 unspecified atom stereocenters. The van der Waals surface area contributed by atoms with Crippen LogP contribution in [0.5, 0.6) is 0 Å². The van der Waals surface area contributed by atoms with E-state index in [1.54, 1.807) is 18.2 Å². The van der Waals surface area contributed by atoms with Crippen LogP contribution in [-0.4, -0.2) is 20.3 Å². The average Bonchev–Trinajstić information content (AvgIpc) is 3.31. The van der Waals surface area contributed by atoms with Gasteiger partial charge in [-0.1, -0.05) is 43.2 Å². The molecule has 0 spiro atoms. The summed E-state index contributed by atoms with van der Waals surface area (Å²) in [6.07, 6.45) is 0.937. The van der Waals surface area contributed by atoms with Crippen LogP contribution in [-0.2, 0) is 12.1 Å². The van der Waals surface area contributed by atoms with Gasteiger partial charge in [0.05, 0.1) is 5.52 Å². The number of nitrogens with one attached hydrogen (secondary N) is 1. The van der Waals surface area contributed by atoms with Crippen LogP contribution < -0.4 is 5.32 Å². The molecule has 32 heavy (non-hydrogen) atoms. The minimum atomic E-state index is -1.14. The molecule has 4 aromatic rings. The summed E-state index contributed by atoms with van der Waals surface area (Å²) in [7, 11) is 0. The zero-order valence-corrected chi connectivity index (χ0v) is 17.8. The number of benzene rings is 2. The van der Waals surface area contributed by atoms with E-state index < -0.39 is 5.60 Å². The van der Waals surface area contributed by atoms with Crippen molar-refractivity contribution >= 4 is 16.9 Å². The van der Waals surface area contributed by atoms with Crippen molar-refractivity contribution in [3.05, 3.63) is 71.5 Å². The maximum absolute atomic E-state index is 13.8. The molecule has 0 fully saturated rings. The van der Waals surface area contributed by atoms with Crippen LogP contribution in [0.2, 0.25) is 0 Å². The third kappa shape index (κ3) is 4.15. The van der Waals surface area contributed by atoms with E-state index in [0.717, 1.165) is 16.5 Å². The number of rotatable bonds is 7. The Morgan fingerprint density at radius 2 is 1.94 bits per heavy atom. The van der Waals surface area contributed by atoms with E-state index in [9.17, 15) is 14.8 Å². The summed E-state index contributed by atoms with van der Waals surface area (Å²) < 4.78 is 19.3. The average molecular weight is 431 g/mol. The summed E-state index contributed by atoms with van der Waals surface area (Å²) in [5, 5.41) is 31.7. The number of pyridine rings is 1. The quantitative estimate of drug-likeness (QED) is 0.428. The number of aliphatic hydroxyl groups is 1. The Kier molecular flexibility index (Phi) is 5.84. The van der Waals surface area contributed by atoms with Gasteiger partial charge in [0, 0.05) is 11.9 Å². The molecule has 0 aliphatic rings. The largest absolute Gasteiger partial charge is 0.405 e. The van der Waals surface area contributed by atoms with Gasteiger partial charge in [-0.3, -0.25) is 0 Å². The highest BCUT2D eigenvalue weighted by Crippen LogP contribution is 2.30. The standard InChI is InChI=1S/C24H22FN5O2/c1-3-24(31,4-2)22-29-30-23(32-22)27-14-15-8-9-19-20(16-6-5-7-17(25)11-16)12-18(13-26)28-21(19)10-15/h5-12,31H,3-4,14H2,1-2H3,(H,27,30). The highest BCUT2D eigenvalue weighted by Gasteiger charge is 2.31. The number of hydrogen-bond donors (Lipinski definition) is 2. The molecule has 0 bridgehead atoms. The van der Waals surface area contributed by atoms with E-state index in [1.165, 1.54) is 12.1 Å². The molecule has 2 aromatic carbocycles. The van der Waals surface area contributed by atoms with Crippen molar-refractivity contribution in [2.45, 2.75) is 38.8 Å². The van der Waals surface area contributed by atoms with Gasteiger partial charge < -0.3 is 14.8 Å². The second-order valence-electron chi connectivity index (χ2n) is 7.53. The van der Waals surface area contributed by atoms with E-state index >= 15 is 0 Å². The third-order valence-electron chi connectivity index (χ3n) is 5.56. The van der Waals surface area contributed by atoms with Gasteiger partial charge in [-0.15, -0.1) is 5.10 Å². The van der Waals surface area contributed by atoms with E-state index in [2.05, 4.69) is 26.6 Å². The molecule has 0 amide bonds. The normalized spacial score (nSPS) is 11.5. The zero-order valence-electron chi connectivity index (χ0n) is 17.8. The van der Waals surface area contributed by atoms with E-state index in [-0.39, 0.29) is 23.4 Å². The van der Waals surface area contributed by atoms with Crippen molar-refractivity contribution in [3.63, 3.8) is 0 Å². The van der Waals surface area contributed by atoms with E-state index in [0.29, 0.717) is 30.5 Å². The summed E-state index contributed by atoms with van der Waals surface area (Å²) in [6.45, 7) is 4.09. The second-order valence-corrected chi connectivity index (χ2v) is 7.53. The first-order chi connectivity index (χ1) is 15.5. The molecule has 0 saturated heterocycles. The van der Waals surface area contributed by atoms with Gasteiger partial charge in [0.2, 0.25) is 5.89 Å². The van der Waals surface area contributed by atoms with Gasteiger partial charge in [-0.25, -0.2) is 9.37 Å². The van der Waals surface area contributed by atoms with Crippen molar-refractivity contribution in [1.29, 1.82) is 5.26 Å². The van der Waals surface area contributed by atoms with Crippen molar-refractivity contribution < 1.29 is 13.9 Å². The van der Waals surface area contributed by atoms with Crippen molar-refractivity contribution in [2.24, 2.45) is 0 Å². The van der Waals surface area contributed by atoms with Crippen LogP contribution in [0.4, 0.5) is 10.4 Å². The van der Waals surface area contributed by atoms with Crippen LogP contribution in [0.25, 0.3) is 22.0 Å². The number of nitriles is 1. The van der Waals surface area contributed by atoms with Crippen molar-refractivity contribution in [1.82, 2.24) is 15.2 Å². The Morgan fingerprint density at radius 1 is 1.12 bits per heavy atom. The number of anilines is 1. The Labute approximate surface area is 184 Å². The van der Waals surface area contributed by atoms with E-state index in [1.807, 2.05) is 32.0 Å². The Balaban J connectivity index is 1.62. The van der Waals surface area contributed by atoms with Crippen molar-refractivity contribution in [3.8, 4) is 17.2 Å². The number of hydrogen-bond acceptors (Lipinski definition) is 7. The monoisotopic (exact) mass is 431 g/mol. The predicted molar refractivity (Wildman–Crippen MR) is 118 cm³/mol. The number of nitrogens with zero attached hydrogens (tertiary/aromatic N) is 4. The number of halogens is 1. The number of fused-ring (bicyclic) bond motifs is 1. The summed E-state index contributed by atoms with van der Waals surface area (Å²) in [5.41, 5.74) is 2.04. The van der Waals surface area contributed by atoms with Gasteiger partial charge in [0.15, 0.2) is 0 Å². The molecule has 162 valence electrons. The lowest BCUT2D eigenvalue weighted by Gasteiger charge is -2.19. The molecule has 7 nitrogen and oxygen atoms in total. The second kappa shape index (κ2) is 8.73. The molecule has 0 aliphatic heterocycles. The SMILES string of the molecule is CCC(O)(CC)c1nnc(NCc2ccc3c(-c4cccc(F)c4)cc(C#N)nc3c2)o1. The predicted octanol–water partition coefficient (Wildman–Crippen LogP) is 4.92. The maximum Gasteiger partial charge on any atom is 0.315 e. The Bertz CT molecular complexity index is 1310. The molecule has 2 aromatic heterocycles. The first-order valence-corrected chi connectivity index (χ1v) is 10.4. The highest BCUT2D eigenvalue weighted by atomic mass is 19.1. The molecule has 2 heterocycles. The summed E-state index contributed by atoms with van der Waals surface area (Å²) in [5.74, 6) is -0.160. The van der Waals surface area contributed by atoms with Crippen molar-refractivity contribution in [2.75, 3.05) is 5.32 Å². The van der Waals surface area contributed by atoms with Gasteiger partial charge in [0.1, 0.15) is 23.2 Å². The highest BCUT2D eigenvalue weighted by molar-refractivity contribution is 5.95. The maximum atomic E-state index is 13.8. The topological polar surface area (TPSA) is 108 Å². The smallest absolute Gasteiger partial charge is 0.315 e. The minimum absolute atomic E-state index is 0.184. The van der Waals surface area contributed by atoms with Gasteiger partial charge in [0.25, 0.3) is 0 Å². The first kappa shape index (κ1) is 21.4. The fraction of sp³-hybridized carbons (Fsp3) is 0.250.